The SMILES string of the molecule is C=CC1=Cc2ccc(C3=CCC(C)(C(=C)N4CCCC4)C=C3)cc2N=C(N)C1. The van der Waals surface area contributed by atoms with Gasteiger partial charge in [0.1, 0.15) is 5.84 Å². The Bertz CT molecular complexity index is 939. The van der Waals surface area contributed by atoms with Crippen LogP contribution in [-0.2, 0) is 0 Å². The lowest BCUT2D eigenvalue weighted by Gasteiger charge is -2.36. The molecular weight excluding hydrogens is 342 g/mol. The number of nitrogens with two attached hydrogens (primary N) is 1. The molecule has 1 aliphatic carbocycles. The van der Waals surface area contributed by atoms with Crippen LogP contribution < -0.4 is 5.73 Å². The van der Waals surface area contributed by atoms with Gasteiger partial charge in [0.25, 0.3) is 0 Å². The zero-order valence-corrected chi connectivity index (χ0v) is 16.7. The lowest BCUT2D eigenvalue weighted by molar-refractivity contribution is 0.323. The first-order valence-electron chi connectivity index (χ1n) is 10.1. The van der Waals surface area contributed by atoms with Crippen LogP contribution in [0.4, 0.5) is 5.69 Å². The largest absolute Gasteiger partial charge is 0.387 e. The Labute approximate surface area is 168 Å². The molecular formula is C25H29N3. The zero-order chi connectivity index (χ0) is 19.7. The molecule has 4 rings (SSSR count). The highest BCUT2D eigenvalue weighted by Crippen LogP contribution is 2.41. The molecule has 1 fully saturated rings. The van der Waals surface area contributed by atoms with Crippen LogP contribution in [0.15, 0.2) is 71.9 Å². The van der Waals surface area contributed by atoms with Crippen molar-refractivity contribution in [3.63, 3.8) is 0 Å². The van der Waals surface area contributed by atoms with Gasteiger partial charge in [-0.05, 0) is 48.1 Å². The van der Waals surface area contributed by atoms with Gasteiger partial charge in [-0.1, -0.05) is 56.5 Å². The van der Waals surface area contributed by atoms with Gasteiger partial charge in [-0.2, -0.15) is 0 Å². The van der Waals surface area contributed by atoms with E-state index in [9.17, 15) is 0 Å². The van der Waals surface area contributed by atoms with Crippen LogP contribution in [0.5, 0.6) is 0 Å². The van der Waals surface area contributed by atoms with Crippen molar-refractivity contribution in [1.29, 1.82) is 0 Å². The van der Waals surface area contributed by atoms with Gasteiger partial charge >= 0.3 is 0 Å². The second-order valence-corrected chi connectivity index (χ2v) is 8.23. The number of fused-ring (bicyclic) bond motifs is 1. The summed E-state index contributed by atoms with van der Waals surface area (Å²) in [6, 6.07) is 6.43. The number of benzene rings is 1. The summed E-state index contributed by atoms with van der Waals surface area (Å²) >= 11 is 0. The normalized spacial score (nSPS) is 24.0. The Morgan fingerprint density at radius 1 is 1.29 bits per heavy atom. The summed E-state index contributed by atoms with van der Waals surface area (Å²) in [6.07, 6.45) is 15.0. The van der Waals surface area contributed by atoms with Gasteiger partial charge in [0.2, 0.25) is 0 Å². The summed E-state index contributed by atoms with van der Waals surface area (Å²) < 4.78 is 0. The van der Waals surface area contributed by atoms with Gasteiger partial charge in [-0.15, -0.1) is 0 Å². The highest BCUT2D eigenvalue weighted by Gasteiger charge is 2.31. The second kappa shape index (κ2) is 7.31. The molecule has 0 radical (unpaired) electrons. The van der Waals surface area contributed by atoms with Crippen LogP contribution in [0, 0.1) is 5.41 Å². The molecule has 1 aromatic carbocycles. The van der Waals surface area contributed by atoms with E-state index < -0.39 is 0 Å². The van der Waals surface area contributed by atoms with E-state index in [0.717, 1.165) is 36.3 Å². The maximum absolute atomic E-state index is 6.09. The summed E-state index contributed by atoms with van der Waals surface area (Å²) in [5.41, 5.74) is 12.9. The molecule has 2 aliphatic heterocycles. The van der Waals surface area contributed by atoms with E-state index in [0.29, 0.717) is 12.3 Å². The molecule has 3 heteroatoms. The molecule has 0 amide bonds. The maximum Gasteiger partial charge on any atom is 0.104 e. The van der Waals surface area contributed by atoms with E-state index in [2.05, 4.69) is 72.5 Å². The molecule has 0 saturated carbocycles. The molecule has 0 spiro atoms. The average Bonchev–Trinajstić information content (AvgIpc) is 3.17. The molecule has 0 aromatic heterocycles. The quantitative estimate of drug-likeness (QED) is 0.747. The fourth-order valence-electron chi connectivity index (χ4n) is 4.24. The standard InChI is InChI=1S/C25H29N3/c1-4-19-15-22-8-7-21(17-23(22)27-24(26)16-19)20-9-11-25(3,12-10-20)18(2)28-13-5-6-14-28/h4,7-11,15,17H,1-2,5-6,12-14,16H2,3H3,(H2,26,27). The third kappa shape index (κ3) is 3.49. The molecule has 0 bridgehead atoms. The highest BCUT2D eigenvalue weighted by molar-refractivity contribution is 5.91. The van der Waals surface area contributed by atoms with E-state index >= 15 is 0 Å². The lowest BCUT2D eigenvalue weighted by atomic mass is 9.78. The number of allylic oxidation sites excluding steroid dienone is 5. The molecule has 1 unspecified atom stereocenters. The van der Waals surface area contributed by atoms with Gasteiger partial charge in [0.05, 0.1) is 5.69 Å². The number of amidine groups is 1. The molecule has 3 nitrogen and oxygen atoms in total. The zero-order valence-electron chi connectivity index (χ0n) is 16.7. The van der Waals surface area contributed by atoms with Crippen LogP contribution in [0.1, 0.15) is 43.7 Å². The van der Waals surface area contributed by atoms with Gasteiger partial charge in [0.15, 0.2) is 0 Å². The van der Waals surface area contributed by atoms with E-state index in [4.69, 9.17) is 5.73 Å². The molecule has 2 heterocycles. The Hall–Kier alpha value is -2.81. The minimum Gasteiger partial charge on any atom is -0.387 e. The molecule has 144 valence electrons. The Kier molecular flexibility index (Phi) is 4.84. The van der Waals surface area contributed by atoms with Crippen molar-refractivity contribution in [3.05, 3.63) is 78.1 Å². The first-order valence-corrected chi connectivity index (χ1v) is 10.1. The third-order valence-corrected chi connectivity index (χ3v) is 6.14. The van der Waals surface area contributed by atoms with Crippen LogP contribution in [0.2, 0.25) is 0 Å². The van der Waals surface area contributed by atoms with Crippen LogP contribution in [0.3, 0.4) is 0 Å². The van der Waals surface area contributed by atoms with Crippen molar-refractivity contribution in [2.24, 2.45) is 16.1 Å². The first kappa shape index (κ1) is 18.5. The first-order chi connectivity index (χ1) is 13.5. The number of likely N-dealkylation sites (tertiary alicyclic amines) is 1. The monoisotopic (exact) mass is 371 g/mol. The van der Waals surface area contributed by atoms with Crippen molar-refractivity contribution in [2.75, 3.05) is 13.1 Å². The smallest absolute Gasteiger partial charge is 0.104 e. The predicted octanol–water partition coefficient (Wildman–Crippen LogP) is 5.61. The van der Waals surface area contributed by atoms with Crippen LogP contribution in [-0.4, -0.2) is 23.8 Å². The van der Waals surface area contributed by atoms with Gasteiger partial charge < -0.3 is 10.6 Å². The van der Waals surface area contributed by atoms with Crippen molar-refractivity contribution in [2.45, 2.75) is 32.6 Å². The fourth-order valence-corrected chi connectivity index (χ4v) is 4.24. The van der Waals surface area contributed by atoms with Gasteiger partial charge in [0, 0.05) is 36.2 Å². The predicted molar refractivity (Wildman–Crippen MR) is 120 cm³/mol. The average molecular weight is 372 g/mol. The highest BCUT2D eigenvalue weighted by atomic mass is 15.2. The van der Waals surface area contributed by atoms with Gasteiger partial charge in [-0.25, -0.2) is 4.99 Å². The minimum atomic E-state index is 0.00368. The van der Waals surface area contributed by atoms with Crippen molar-refractivity contribution in [1.82, 2.24) is 4.90 Å². The molecule has 1 aromatic rings. The number of nitrogens with zero attached hydrogens (tertiary/aromatic N) is 2. The molecule has 1 atom stereocenters. The topological polar surface area (TPSA) is 41.6 Å². The molecule has 1 saturated heterocycles. The summed E-state index contributed by atoms with van der Waals surface area (Å²) in [5, 5.41) is 0. The maximum atomic E-state index is 6.09. The van der Waals surface area contributed by atoms with E-state index in [1.54, 1.807) is 0 Å². The minimum absolute atomic E-state index is 0.00368. The van der Waals surface area contributed by atoms with E-state index in [1.165, 1.54) is 29.7 Å². The fraction of sp³-hybridized carbons (Fsp3) is 0.320. The Morgan fingerprint density at radius 2 is 2.07 bits per heavy atom. The van der Waals surface area contributed by atoms with Crippen LogP contribution >= 0.6 is 0 Å². The third-order valence-electron chi connectivity index (χ3n) is 6.14. The molecule has 28 heavy (non-hydrogen) atoms. The van der Waals surface area contributed by atoms with E-state index in [-0.39, 0.29) is 5.41 Å². The summed E-state index contributed by atoms with van der Waals surface area (Å²) in [4.78, 5) is 7.08. The number of rotatable bonds is 4. The molecule has 2 N–H and O–H groups in total. The lowest BCUT2D eigenvalue weighted by Crippen LogP contribution is -2.30. The van der Waals surface area contributed by atoms with Crippen molar-refractivity contribution >= 4 is 23.2 Å². The Morgan fingerprint density at radius 3 is 2.75 bits per heavy atom. The van der Waals surface area contributed by atoms with Gasteiger partial charge in [-0.3, -0.25) is 0 Å². The number of hydrogen-bond donors (Lipinski definition) is 1. The summed E-state index contributed by atoms with van der Waals surface area (Å²) in [7, 11) is 0. The number of aliphatic imine (C=N–C) groups is 1. The van der Waals surface area contributed by atoms with Crippen molar-refractivity contribution < 1.29 is 0 Å². The van der Waals surface area contributed by atoms with Crippen molar-refractivity contribution in [3.8, 4) is 0 Å². The summed E-state index contributed by atoms with van der Waals surface area (Å²) in [5.74, 6) is 0.629. The molecule has 3 aliphatic rings. The Balaban J connectivity index is 1.58. The van der Waals surface area contributed by atoms with E-state index in [1.807, 2.05) is 6.08 Å². The second-order valence-electron chi connectivity index (χ2n) is 8.23. The number of hydrogen-bond acceptors (Lipinski definition) is 3. The summed E-state index contributed by atoms with van der Waals surface area (Å²) in [6.45, 7) is 12.9. The van der Waals surface area contributed by atoms with Crippen LogP contribution in [0.25, 0.3) is 11.6 Å².